The van der Waals surface area contributed by atoms with E-state index in [1.807, 2.05) is 24.8 Å². The van der Waals surface area contributed by atoms with Gasteiger partial charge >= 0.3 is 0 Å². The van der Waals surface area contributed by atoms with Crippen LogP contribution in [0.1, 0.15) is 38.4 Å². The van der Waals surface area contributed by atoms with Crippen LogP contribution in [-0.4, -0.2) is 47.0 Å². The predicted molar refractivity (Wildman–Crippen MR) is 84.5 cm³/mol. The maximum atomic E-state index is 12.1. The van der Waals surface area contributed by atoms with Crippen molar-refractivity contribution in [2.45, 2.75) is 39.5 Å². The lowest BCUT2D eigenvalue weighted by molar-refractivity contribution is -0.131. The van der Waals surface area contributed by atoms with E-state index in [0.29, 0.717) is 13.0 Å². The lowest BCUT2D eigenvalue weighted by Crippen LogP contribution is -2.36. The third-order valence-corrected chi connectivity index (χ3v) is 3.55. The lowest BCUT2D eigenvalue weighted by Gasteiger charge is -2.26. The summed E-state index contributed by atoms with van der Waals surface area (Å²) in [5.41, 5.74) is 0. The van der Waals surface area contributed by atoms with E-state index in [1.54, 1.807) is 0 Å². The number of rotatable bonds is 6. The van der Waals surface area contributed by atoms with Crippen LogP contribution in [0.15, 0.2) is 6.07 Å². The second kappa shape index (κ2) is 7.81. The highest BCUT2D eigenvalue weighted by Gasteiger charge is 2.15. The van der Waals surface area contributed by atoms with Crippen LogP contribution in [0, 0.1) is 6.92 Å². The molecule has 1 amide bonds. The molecule has 2 rings (SSSR count). The van der Waals surface area contributed by atoms with Gasteiger partial charge in [-0.3, -0.25) is 4.79 Å². The Bertz CT molecular complexity index is 471. The summed E-state index contributed by atoms with van der Waals surface area (Å²) in [5, 5.41) is 6.39. The molecule has 1 saturated heterocycles. The van der Waals surface area contributed by atoms with Crippen LogP contribution in [0.3, 0.4) is 0 Å². The zero-order chi connectivity index (χ0) is 15.1. The van der Waals surface area contributed by atoms with Gasteiger partial charge in [0.1, 0.15) is 17.5 Å². The molecule has 6 nitrogen and oxygen atoms in total. The quantitative estimate of drug-likeness (QED) is 0.839. The van der Waals surface area contributed by atoms with Crippen molar-refractivity contribution in [2.24, 2.45) is 0 Å². The summed E-state index contributed by atoms with van der Waals surface area (Å²) >= 11 is 0. The lowest BCUT2D eigenvalue weighted by atomic mass is 10.1. The largest absolute Gasteiger partial charge is 0.370 e. The minimum Gasteiger partial charge on any atom is -0.370 e. The maximum absolute atomic E-state index is 12.1. The van der Waals surface area contributed by atoms with Gasteiger partial charge in [0.15, 0.2) is 0 Å². The molecule has 2 N–H and O–H groups in total. The summed E-state index contributed by atoms with van der Waals surface area (Å²) in [6.45, 7) is 7.15. The number of carbonyl (C=O) groups excluding carboxylic acids is 1. The van der Waals surface area contributed by atoms with Crippen LogP contribution in [0.25, 0.3) is 0 Å². The Balaban J connectivity index is 1.81. The van der Waals surface area contributed by atoms with Crippen LogP contribution in [0.4, 0.5) is 11.6 Å². The summed E-state index contributed by atoms with van der Waals surface area (Å²) in [6.07, 6.45) is 4.03. The van der Waals surface area contributed by atoms with Crippen molar-refractivity contribution in [1.82, 2.24) is 14.9 Å². The molecule has 0 saturated carbocycles. The van der Waals surface area contributed by atoms with E-state index in [0.717, 1.165) is 49.9 Å². The number of anilines is 2. The Kier molecular flexibility index (Phi) is 5.78. The van der Waals surface area contributed by atoms with Crippen molar-refractivity contribution in [3.8, 4) is 0 Å². The average molecular weight is 291 g/mol. The van der Waals surface area contributed by atoms with E-state index in [4.69, 9.17) is 0 Å². The molecule has 1 aliphatic heterocycles. The first-order valence-corrected chi connectivity index (χ1v) is 7.80. The van der Waals surface area contributed by atoms with Crippen LogP contribution < -0.4 is 10.6 Å². The highest BCUT2D eigenvalue weighted by atomic mass is 16.2. The highest BCUT2D eigenvalue weighted by molar-refractivity contribution is 5.76. The van der Waals surface area contributed by atoms with Crippen LogP contribution in [-0.2, 0) is 4.79 Å². The first-order chi connectivity index (χ1) is 10.2. The van der Waals surface area contributed by atoms with E-state index in [-0.39, 0.29) is 5.91 Å². The fourth-order valence-corrected chi connectivity index (χ4v) is 2.53. The Labute approximate surface area is 126 Å². The van der Waals surface area contributed by atoms with E-state index >= 15 is 0 Å². The van der Waals surface area contributed by atoms with Gasteiger partial charge in [-0.1, -0.05) is 0 Å². The summed E-state index contributed by atoms with van der Waals surface area (Å²) in [6, 6.07) is 1.88. The molecule has 0 bridgehead atoms. The summed E-state index contributed by atoms with van der Waals surface area (Å²) in [5.74, 6) is 2.54. The number of aryl methyl sites for hydroxylation is 1. The van der Waals surface area contributed by atoms with Crippen molar-refractivity contribution in [2.75, 3.05) is 36.8 Å². The van der Waals surface area contributed by atoms with Crippen molar-refractivity contribution in [3.05, 3.63) is 11.9 Å². The van der Waals surface area contributed by atoms with Gasteiger partial charge in [-0.2, -0.15) is 0 Å². The molecule has 0 atom stereocenters. The zero-order valence-electron chi connectivity index (χ0n) is 13.0. The van der Waals surface area contributed by atoms with Crippen LogP contribution >= 0.6 is 0 Å². The summed E-state index contributed by atoms with van der Waals surface area (Å²) < 4.78 is 0. The molecule has 6 heteroatoms. The monoisotopic (exact) mass is 291 g/mol. The Morgan fingerprint density at radius 2 is 1.86 bits per heavy atom. The van der Waals surface area contributed by atoms with E-state index in [1.165, 1.54) is 6.42 Å². The molecule has 1 fully saturated rings. The Morgan fingerprint density at radius 3 is 2.52 bits per heavy atom. The van der Waals surface area contributed by atoms with Gasteiger partial charge in [0.25, 0.3) is 0 Å². The topological polar surface area (TPSA) is 70.2 Å². The molecule has 1 aliphatic rings. The van der Waals surface area contributed by atoms with Gasteiger partial charge < -0.3 is 15.5 Å². The number of carbonyl (C=O) groups is 1. The van der Waals surface area contributed by atoms with Gasteiger partial charge in [-0.05, 0) is 33.1 Å². The van der Waals surface area contributed by atoms with Gasteiger partial charge in [-0.15, -0.1) is 0 Å². The van der Waals surface area contributed by atoms with Gasteiger partial charge in [-0.25, -0.2) is 9.97 Å². The van der Waals surface area contributed by atoms with Gasteiger partial charge in [0.05, 0.1) is 0 Å². The standard InChI is InChI=1S/C15H25N5O/c1-3-16-13-11-14(19-12(2)18-13)17-8-7-15(21)20-9-5-4-6-10-20/h11H,3-10H2,1-2H3,(H2,16,17,18,19). The molecular weight excluding hydrogens is 266 g/mol. The number of amides is 1. The second-order valence-corrected chi connectivity index (χ2v) is 5.33. The van der Waals surface area contributed by atoms with E-state index in [2.05, 4.69) is 20.6 Å². The van der Waals surface area contributed by atoms with Crippen LogP contribution in [0.2, 0.25) is 0 Å². The number of likely N-dealkylation sites (tertiary alicyclic amines) is 1. The Hall–Kier alpha value is -1.85. The van der Waals surface area contributed by atoms with Crippen LogP contribution in [0.5, 0.6) is 0 Å². The van der Waals surface area contributed by atoms with E-state index in [9.17, 15) is 4.79 Å². The molecule has 0 aliphatic carbocycles. The molecule has 0 unspecified atom stereocenters. The third-order valence-electron chi connectivity index (χ3n) is 3.55. The van der Waals surface area contributed by atoms with Crippen molar-refractivity contribution < 1.29 is 4.79 Å². The number of piperidine rings is 1. The molecule has 2 heterocycles. The molecule has 21 heavy (non-hydrogen) atoms. The first kappa shape index (κ1) is 15.5. The number of hydrogen-bond acceptors (Lipinski definition) is 5. The maximum Gasteiger partial charge on any atom is 0.224 e. The first-order valence-electron chi connectivity index (χ1n) is 7.80. The molecule has 0 spiro atoms. The SMILES string of the molecule is CCNc1cc(NCCC(=O)N2CCCCC2)nc(C)n1. The predicted octanol–water partition coefficient (Wildman–Crippen LogP) is 2.03. The number of hydrogen-bond donors (Lipinski definition) is 2. The minimum absolute atomic E-state index is 0.236. The van der Waals surface area contributed by atoms with Crippen molar-refractivity contribution in [1.29, 1.82) is 0 Å². The zero-order valence-corrected chi connectivity index (χ0v) is 13.0. The van der Waals surface area contributed by atoms with Crippen molar-refractivity contribution in [3.63, 3.8) is 0 Å². The molecular formula is C15H25N5O. The molecule has 0 aromatic carbocycles. The number of aromatic nitrogens is 2. The number of nitrogens with zero attached hydrogens (tertiary/aromatic N) is 3. The fourth-order valence-electron chi connectivity index (χ4n) is 2.53. The molecule has 1 aromatic rings. The summed E-state index contributed by atoms with van der Waals surface area (Å²) in [7, 11) is 0. The summed E-state index contributed by atoms with van der Waals surface area (Å²) in [4.78, 5) is 22.7. The van der Waals surface area contributed by atoms with E-state index < -0.39 is 0 Å². The van der Waals surface area contributed by atoms with Gasteiger partial charge in [0, 0.05) is 38.7 Å². The molecule has 0 radical (unpaired) electrons. The average Bonchev–Trinajstić information content (AvgIpc) is 2.48. The third kappa shape index (κ3) is 4.88. The van der Waals surface area contributed by atoms with Gasteiger partial charge in [0.2, 0.25) is 5.91 Å². The number of nitrogens with one attached hydrogen (secondary N) is 2. The second-order valence-electron chi connectivity index (χ2n) is 5.33. The fraction of sp³-hybridized carbons (Fsp3) is 0.667. The smallest absolute Gasteiger partial charge is 0.224 e. The normalized spacial score (nSPS) is 14.9. The molecule has 116 valence electrons. The Morgan fingerprint density at radius 1 is 1.19 bits per heavy atom. The highest BCUT2D eigenvalue weighted by Crippen LogP contribution is 2.12. The minimum atomic E-state index is 0.236. The van der Waals surface area contributed by atoms with Crippen molar-refractivity contribution >= 4 is 17.5 Å². The molecule has 1 aromatic heterocycles.